The SMILES string of the molecule is COCCNCCCCCc1cc(Cl)cc2c1OCC2. The summed E-state index contributed by atoms with van der Waals surface area (Å²) in [7, 11) is 1.73. The van der Waals surface area contributed by atoms with E-state index in [4.69, 9.17) is 21.1 Å². The van der Waals surface area contributed by atoms with E-state index in [-0.39, 0.29) is 0 Å². The number of hydrogen-bond donors (Lipinski definition) is 1. The minimum atomic E-state index is 0.784. The molecule has 0 unspecified atom stereocenters. The highest BCUT2D eigenvalue weighted by molar-refractivity contribution is 6.30. The Hall–Kier alpha value is -0.770. The minimum Gasteiger partial charge on any atom is -0.493 e. The van der Waals surface area contributed by atoms with Gasteiger partial charge < -0.3 is 14.8 Å². The maximum absolute atomic E-state index is 6.16. The van der Waals surface area contributed by atoms with Crippen molar-refractivity contribution in [2.75, 3.05) is 33.4 Å². The first-order chi connectivity index (χ1) is 9.81. The van der Waals surface area contributed by atoms with Gasteiger partial charge >= 0.3 is 0 Å². The van der Waals surface area contributed by atoms with E-state index in [0.717, 1.165) is 49.9 Å². The molecule has 0 spiro atoms. The monoisotopic (exact) mass is 297 g/mol. The lowest BCUT2D eigenvalue weighted by atomic mass is 10.0. The Bertz CT molecular complexity index is 423. The van der Waals surface area contributed by atoms with Crippen molar-refractivity contribution in [2.45, 2.75) is 32.1 Å². The second-order valence-corrected chi connectivity index (χ2v) is 5.64. The first-order valence-electron chi connectivity index (χ1n) is 7.45. The highest BCUT2D eigenvalue weighted by atomic mass is 35.5. The molecule has 0 radical (unpaired) electrons. The van der Waals surface area contributed by atoms with Gasteiger partial charge in [0.25, 0.3) is 0 Å². The molecule has 1 aromatic rings. The summed E-state index contributed by atoms with van der Waals surface area (Å²) in [5, 5.41) is 4.20. The summed E-state index contributed by atoms with van der Waals surface area (Å²) in [5.41, 5.74) is 2.55. The molecule has 0 amide bonds. The van der Waals surface area contributed by atoms with Crippen molar-refractivity contribution < 1.29 is 9.47 Å². The average Bonchev–Trinajstić information content (AvgIpc) is 2.89. The first-order valence-corrected chi connectivity index (χ1v) is 7.83. The highest BCUT2D eigenvalue weighted by Crippen LogP contribution is 2.33. The van der Waals surface area contributed by atoms with Gasteiger partial charge in [-0.25, -0.2) is 0 Å². The van der Waals surface area contributed by atoms with Gasteiger partial charge in [0.15, 0.2) is 0 Å². The Morgan fingerprint density at radius 1 is 1.25 bits per heavy atom. The van der Waals surface area contributed by atoms with Crippen molar-refractivity contribution in [3.05, 3.63) is 28.3 Å². The third-order valence-electron chi connectivity index (χ3n) is 3.61. The van der Waals surface area contributed by atoms with Crippen LogP contribution in [-0.2, 0) is 17.6 Å². The third kappa shape index (κ3) is 4.65. The van der Waals surface area contributed by atoms with E-state index in [1.807, 2.05) is 6.07 Å². The molecule has 0 aromatic heterocycles. The number of unbranched alkanes of at least 4 members (excludes halogenated alkanes) is 2. The molecule has 4 heteroatoms. The summed E-state index contributed by atoms with van der Waals surface area (Å²) in [5.74, 6) is 1.09. The van der Waals surface area contributed by atoms with Gasteiger partial charge in [-0.1, -0.05) is 18.0 Å². The molecule has 0 saturated carbocycles. The molecule has 0 aliphatic carbocycles. The molecule has 3 nitrogen and oxygen atoms in total. The van der Waals surface area contributed by atoms with Crippen LogP contribution < -0.4 is 10.1 Å². The topological polar surface area (TPSA) is 30.5 Å². The van der Waals surface area contributed by atoms with Crippen LogP contribution in [0.25, 0.3) is 0 Å². The zero-order valence-corrected chi connectivity index (χ0v) is 13.0. The number of hydrogen-bond acceptors (Lipinski definition) is 3. The van der Waals surface area contributed by atoms with Crippen LogP contribution in [0.1, 0.15) is 30.4 Å². The number of halogens is 1. The largest absolute Gasteiger partial charge is 0.493 e. The Morgan fingerprint density at radius 2 is 2.15 bits per heavy atom. The molecular weight excluding hydrogens is 274 g/mol. The van der Waals surface area contributed by atoms with E-state index in [2.05, 4.69) is 11.4 Å². The molecule has 0 bridgehead atoms. The lowest BCUT2D eigenvalue weighted by Gasteiger charge is -2.09. The van der Waals surface area contributed by atoms with Crippen molar-refractivity contribution in [3.63, 3.8) is 0 Å². The first kappa shape index (κ1) is 15.6. The predicted molar refractivity (Wildman–Crippen MR) is 83.0 cm³/mol. The maximum atomic E-state index is 6.16. The van der Waals surface area contributed by atoms with E-state index in [0.29, 0.717) is 0 Å². The average molecular weight is 298 g/mol. The second-order valence-electron chi connectivity index (χ2n) is 5.21. The van der Waals surface area contributed by atoms with E-state index in [9.17, 15) is 0 Å². The van der Waals surface area contributed by atoms with Crippen LogP contribution in [0.2, 0.25) is 5.02 Å². The number of rotatable bonds is 9. The predicted octanol–water partition coefficient (Wildman–Crippen LogP) is 3.22. The Balaban J connectivity index is 1.67. The van der Waals surface area contributed by atoms with Gasteiger partial charge in [0.2, 0.25) is 0 Å². The number of ether oxygens (including phenoxy) is 2. The van der Waals surface area contributed by atoms with Crippen LogP contribution in [0.3, 0.4) is 0 Å². The lowest BCUT2D eigenvalue weighted by molar-refractivity contribution is 0.199. The molecule has 1 aliphatic heterocycles. The summed E-state index contributed by atoms with van der Waals surface area (Å²) < 4.78 is 10.7. The van der Waals surface area contributed by atoms with E-state index in [1.54, 1.807) is 7.11 Å². The molecule has 20 heavy (non-hydrogen) atoms. The Kier molecular flexibility index (Phi) is 6.64. The molecule has 1 aromatic carbocycles. The Morgan fingerprint density at radius 3 is 3.00 bits per heavy atom. The van der Waals surface area contributed by atoms with Crippen LogP contribution in [0.4, 0.5) is 0 Å². The van der Waals surface area contributed by atoms with Gasteiger partial charge in [0, 0.05) is 25.1 Å². The zero-order chi connectivity index (χ0) is 14.2. The quantitative estimate of drug-likeness (QED) is 0.710. The van der Waals surface area contributed by atoms with Gasteiger partial charge in [-0.2, -0.15) is 0 Å². The molecular formula is C16H24ClNO2. The smallest absolute Gasteiger partial charge is 0.125 e. The van der Waals surface area contributed by atoms with Crippen LogP contribution in [0, 0.1) is 0 Å². The molecule has 112 valence electrons. The zero-order valence-electron chi connectivity index (χ0n) is 12.2. The minimum absolute atomic E-state index is 0.784. The highest BCUT2D eigenvalue weighted by Gasteiger charge is 2.16. The van der Waals surface area contributed by atoms with Crippen LogP contribution >= 0.6 is 11.6 Å². The van der Waals surface area contributed by atoms with E-state index in [1.165, 1.54) is 30.4 Å². The van der Waals surface area contributed by atoms with Crippen molar-refractivity contribution in [1.82, 2.24) is 5.32 Å². The summed E-state index contributed by atoms with van der Waals surface area (Å²) >= 11 is 6.16. The summed E-state index contributed by atoms with van der Waals surface area (Å²) in [6.45, 7) is 3.58. The Labute approximate surface area is 126 Å². The van der Waals surface area contributed by atoms with Crippen LogP contribution in [0.5, 0.6) is 5.75 Å². The molecule has 0 fully saturated rings. The van der Waals surface area contributed by atoms with Crippen molar-refractivity contribution >= 4 is 11.6 Å². The van der Waals surface area contributed by atoms with Crippen LogP contribution in [-0.4, -0.2) is 33.4 Å². The van der Waals surface area contributed by atoms with Crippen molar-refractivity contribution in [3.8, 4) is 5.75 Å². The van der Waals surface area contributed by atoms with Crippen LogP contribution in [0.15, 0.2) is 12.1 Å². The van der Waals surface area contributed by atoms with Gasteiger partial charge in [-0.15, -0.1) is 0 Å². The molecule has 2 rings (SSSR count). The van der Waals surface area contributed by atoms with Gasteiger partial charge in [0.1, 0.15) is 5.75 Å². The fourth-order valence-corrected chi connectivity index (χ4v) is 2.84. The molecule has 0 atom stereocenters. The van der Waals surface area contributed by atoms with Gasteiger partial charge in [-0.3, -0.25) is 0 Å². The summed E-state index contributed by atoms with van der Waals surface area (Å²) in [4.78, 5) is 0. The fraction of sp³-hybridized carbons (Fsp3) is 0.625. The third-order valence-corrected chi connectivity index (χ3v) is 3.83. The standard InChI is InChI=1S/C16H24ClNO2/c1-19-10-8-18-7-4-2-3-5-13-11-15(17)12-14-6-9-20-16(13)14/h11-12,18H,2-10H2,1H3. The van der Waals surface area contributed by atoms with Gasteiger partial charge in [0.05, 0.1) is 13.2 Å². The van der Waals surface area contributed by atoms with E-state index < -0.39 is 0 Å². The molecule has 1 heterocycles. The number of fused-ring (bicyclic) bond motifs is 1. The van der Waals surface area contributed by atoms with Gasteiger partial charge in [-0.05, 0) is 49.1 Å². The van der Waals surface area contributed by atoms with Crippen molar-refractivity contribution in [2.24, 2.45) is 0 Å². The lowest BCUT2D eigenvalue weighted by Crippen LogP contribution is -2.20. The molecule has 1 N–H and O–H groups in total. The molecule has 0 saturated heterocycles. The van der Waals surface area contributed by atoms with Crippen molar-refractivity contribution in [1.29, 1.82) is 0 Å². The summed E-state index contributed by atoms with van der Waals surface area (Å²) in [6, 6.07) is 4.09. The normalized spacial score (nSPS) is 13.3. The van der Waals surface area contributed by atoms with E-state index >= 15 is 0 Å². The number of benzene rings is 1. The maximum Gasteiger partial charge on any atom is 0.125 e. The number of methoxy groups -OCH3 is 1. The molecule has 1 aliphatic rings. The number of nitrogens with one attached hydrogen (secondary N) is 1. The second kappa shape index (κ2) is 8.50. The summed E-state index contributed by atoms with van der Waals surface area (Å²) in [6.07, 6.45) is 5.66. The number of aryl methyl sites for hydroxylation is 1. The fourth-order valence-electron chi connectivity index (χ4n) is 2.57.